The highest BCUT2D eigenvalue weighted by Crippen LogP contribution is 2.24. The monoisotopic (exact) mass is 268 g/mol. The maximum Gasteiger partial charge on any atom is 0.165 e. The average molecular weight is 268 g/mol. The van der Waals surface area contributed by atoms with Crippen LogP contribution in [0.15, 0.2) is 18.2 Å². The van der Waals surface area contributed by atoms with Crippen molar-refractivity contribution in [3.05, 3.63) is 29.6 Å². The van der Waals surface area contributed by atoms with Crippen LogP contribution in [0, 0.1) is 11.7 Å². The second-order valence-electron chi connectivity index (χ2n) is 5.31. The minimum absolute atomic E-state index is 0.0409. The van der Waals surface area contributed by atoms with Gasteiger partial charge < -0.3 is 10.5 Å². The van der Waals surface area contributed by atoms with Crippen molar-refractivity contribution in [1.82, 2.24) is 4.90 Å². The summed E-state index contributed by atoms with van der Waals surface area (Å²) in [6.07, 6.45) is 1.10. The minimum atomic E-state index is -0.337. The van der Waals surface area contributed by atoms with Gasteiger partial charge in [0.05, 0.1) is 7.11 Å². The van der Waals surface area contributed by atoms with Crippen molar-refractivity contribution in [3.8, 4) is 5.75 Å². The maximum atomic E-state index is 13.7. The Bertz CT molecular complexity index is 396. The van der Waals surface area contributed by atoms with Crippen LogP contribution in [-0.2, 0) is 0 Å². The molecule has 0 heterocycles. The summed E-state index contributed by atoms with van der Waals surface area (Å²) >= 11 is 0. The molecule has 0 aliphatic heterocycles. The van der Waals surface area contributed by atoms with Crippen LogP contribution < -0.4 is 10.5 Å². The highest BCUT2D eigenvalue weighted by molar-refractivity contribution is 5.31. The molecule has 1 unspecified atom stereocenters. The number of hydrogen-bond acceptors (Lipinski definition) is 3. The van der Waals surface area contributed by atoms with Gasteiger partial charge in [0.25, 0.3) is 0 Å². The van der Waals surface area contributed by atoms with E-state index in [9.17, 15) is 4.39 Å². The molecule has 4 heteroatoms. The Kier molecular flexibility index (Phi) is 6.25. The summed E-state index contributed by atoms with van der Waals surface area (Å²) in [5, 5.41) is 0. The highest BCUT2D eigenvalue weighted by atomic mass is 19.1. The number of nitrogens with two attached hydrogens (primary N) is 1. The normalized spacial score (nSPS) is 13.1. The molecule has 0 aliphatic rings. The van der Waals surface area contributed by atoms with Crippen LogP contribution in [0.2, 0.25) is 0 Å². The molecule has 0 bridgehead atoms. The second kappa shape index (κ2) is 7.46. The third-order valence-corrected chi connectivity index (χ3v) is 3.38. The SMILES string of the molecule is COc1ccc(C(CN)N(C)CCC(C)C)cc1F. The zero-order chi connectivity index (χ0) is 14.4. The lowest BCUT2D eigenvalue weighted by Gasteiger charge is -2.28. The highest BCUT2D eigenvalue weighted by Gasteiger charge is 2.17. The Morgan fingerprint density at radius 1 is 1.37 bits per heavy atom. The molecule has 0 saturated carbocycles. The summed E-state index contributed by atoms with van der Waals surface area (Å²) in [6, 6.07) is 5.09. The fourth-order valence-electron chi connectivity index (χ4n) is 2.08. The standard InChI is InChI=1S/C15H25FN2O/c1-11(2)7-8-18(3)14(10-17)12-5-6-15(19-4)13(16)9-12/h5-6,9,11,14H,7-8,10,17H2,1-4H3. The second-order valence-corrected chi connectivity index (χ2v) is 5.31. The summed E-state index contributed by atoms with van der Waals surface area (Å²) in [5.74, 6) is 0.577. The van der Waals surface area contributed by atoms with Crippen LogP contribution in [0.3, 0.4) is 0 Å². The van der Waals surface area contributed by atoms with Crippen LogP contribution in [-0.4, -0.2) is 32.1 Å². The van der Waals surface area contributed by atoms with E-state index in [0.717, 1.165) is 18.5 Å². The molecule has 19 heavy (non-hydrogen) atoms. The lowest BCUT2D eigenvalue weighted by atomic mass is 10.0. The average Bonchev–Trinajstić information content (AvgIpc) is 2.37. The Morgan fingerprint density at radius 3 is 2.53 bits per heavy atom. The molecular weight excluding hydrogens is 243 g/mol. The van der Waals surface area contributed by atoms with Crippen molar-refractivity contribution in [2.45, 2.75) is 26.3 Å². The third kappa shape index (κ3) is 4.48. The molecule has 1 aromatic rings. The molecular formula is C15H25FN2O. The summed E-state index contributed by atoms with van der Waals surface area (Å²) in [6.45, 7) is 5.81. The Hall–Kier alpha value is -1.13. The van der Waals surface area contributed by atoms with Gasteiger partial charge in [0.1, 0.15) is 0 Å². The first kappa shape index (κ1) is 15.9. The Morgan fingerprint density at radius 2 is 2.05 bits per heavy atom. The van der Waals surface area contributed by atoms with E-state index >= 15 is 0 Å². The van der Waals surface area contributed by atoms with E-state index in [4.69, 9.17) is 10.5 Å². The molecule has 0 fully saturated rings. The van der Waals surface area contributed by atoms with Gasteiger partial charge >= 0.3 is 0 Å². The molecule has 0 aliphatic carbocycles. The first-order valence-corrected chi connectivity index (χ1v) is 6.73. The fraction of sp³-hybridized carbons (Fsp3) is 0.600. The number of ether oxygens (including phenoxy) is 1. The van der Waals surface area contributed by atoms with Gasteiger partial charge in [-0.1, -0.05) is 19.9 Å². The van der Waals surface area contributed by atoms with E-state index in [0.29, 0.717) is 12.5 Å². The lowest BCUT2D eigenvalue weighted by Crippen LogP contribution is -2.31. The molecule has 1 aromatic carbocycles. The van der Waals surface area contributed by atoms with E-state index in [2.05, 4.69) is 18.7 Å². The van der Waals surface area contributed by atoms with E-state index in [1.165, 1.54) is 13.2 Å². The minimum Gasteiger partial charge on any atom is -0.494 e. The van der Waals surface area contributed by atoms with Crippen LogP contribution in [0.25, 0.3) is 0 Å². The summed E-state index contributed by atoms with van der Waals surface area (Å²) in [5.41, 5.74) is 6.73. The molecule has 0 aromatic heterocycles. The number of benzene rings is 1. The van der Waals surface area contributed by atoms with Gasteiger partial charge in [-0.15, -0.1) is 0 Å². The van der Waals surface area contributed by atoms with Gasteiger partial charge in [-0.05, 0) is 43.6 Å². The van der Waals surface area contributed by atoms with Crippen LogP contribution in [0.1, 0.15) is 31.9 Å². The number of methoxy groups -OCH3 is 1. The molecule has 2 N–H and O–H groups in total. The van der Waals surface area contributed by atoms with Gasteiger partial charge in [0.15, 0.2) is 11.6 Å². The first-order valence-electron chi connectivity index (χ1n) is 6.73. The van der Waals surface area contributed by atoms with Crippen molar-refractivity contribution < 1.29 is 9.13 Å². The fourth-order valence-corrected chi connectivity index (χ4v) is 2.08. The molecule has 0 saturated heterocycles. The van der Waals surface area contributed by atoms with Gasteiger partial charge in [-0.25, -0.2) is 4.39 Å². The van der Waals surface area contributed by atoms with E-state index < -0.39 is 0 Å². The summed E-state index contributed by atoms with van der Waals surface area (Å²) < 4.78 is 18.7. The number of nitrogens with zero attached hydrogens (tertiary/aromatic N) is 1. The van der Waals surface area contributed by atoms with Gasteiger partial charge in [0, 0.05) is 12.6 Å². The van der Waals surface area contributed by atoms with Crippen molar-refractivity contribution in [2.75, 3.05) is 27.2 Å². The zero-order valence-electron chi connectivity index (χ0n) is 12.3. The molecule has 0 spiro atoms. The predicted octanol–water partition coefficient (Wildman–Crippen LogP) is 2.81. The van der Waals surface area contributed by atoms with Crippen LogP contribution in [0.5, 0.6) is 5.75 Å². The summed E-state index contributed by atoms with van der Waals surface area (Å²) in [4.78, 5) is 2.18. The van der Waals surface area contributed by atoms with Crippen molar-refractivity contribution >= 4 is 0 Å². The molecule has 3 nitrogen and oxygen atoms in total. The topological polar surface area (TPSA) is 38.5 Å². The summed E-state index contributed by atoms with van der Waals surface area (Å²) in [7, 11) is 3.50. The number of hydrogen-bond donors (Lipinski definition) is 1. The smallest absolute Gasteiger partial charge is 0.165 e. The van der Waals surface area contributed by atoms with Gasteiger partial charge in [0.2, 0.25) is 0 Å². The molecule has 0 amide bonds. The number of rotatable bonds is 7. The molecule has 1 rings (SSSR count). The third-order valence-electron chi connectivity index (χ3n) is 3.38. The number of likely N-dealkylation sites (N-methyl/N-ethyl adjacent to an activating group) is 1. The predicted molar refractivity (Wildman–Crippen MR) is 76.8 cm³/mol. The van der Waals surface area contributed by atoms with E-state index in [1.54, 1.807) is 6.07 Å². The maximum absolute atomic E-state index is 13.7. The van der Waals surface area contributed by atoms with Gasteiger partial charge in [-0.3, -0.25) is 4.90 Å². The molecule has 1 atom stereocenters. The Labute approximate surface area is 115 Å². The first-order chi connectivity index (χ1) is 8.99. The van der Waals surface area contributed by atoms with Crippen molar-refractivity contribution in [3.63, 3.8) is 0 Å². The van der Waals surface area contributed by atoms with E-state index in [1.807, 2.05) is 13.1 Å². The number of halogens is 1. The lowest BCUT2D eigenvalue weighted by molar-refractivity contribution is 0.235. The molecule has 0 radical (unpaired) electrons. The van der Waals surface area contributed by atoms with Crippen molar-refractivity contribution in [2.24, 2.45) is 11.7 Å². The van der Waals surface area contributed by atoms with Crippen molar-refractivity contribution in [1.29, 1.82) is 0 Å². The molecule has 108 valence electrons. The van der Waals surface area contributed by atoms with E-state index in [-0.39, 0.29) is 17.6 Å². The van der Waals surface area contributed by atoms with Crippen LogP contribution >= 0.6 is 0 Å². The van der Waals surface area contributed by atoms with Crippen LogP contribution in [0.4, 0.5) is 4.39 Å². The quantitative estimate of drug-likeness (QED) is 0.826. The Balaban J connectivity index is 2.81. The van der Waals surface area contributed by atoms with Gasteiger partial charge in [-0.2, -0.15) is 0 Å². The largest absolute Gasteiger partial charge is 0.494 e. The zero-order valence-corrected chi connectivity index (χ0v) is 12.3.